The van der Waals surface area contributed by atoms with Gasteiger partial charge < -0.3 is 5.32 Å². The first-order valence-corrected chi connectivity index (χ1v) is 6.97. The van der Waals surface area contributed by atoms with Crippen LogP contribution in [0.2, 0.25) is 0 Å². The molecule has 1 fully saturated rings. The fourth-order valence-electron chi connectivity index (χ4n) is 2.15. The molecule has 2 heterocycles. The zero-order valence-electron chi connectivity index (χ0n) is 10.5. The van der Waals surface area contributed by atoms with Crippen molar-refractivity contribution >= 4 is 17.2 Å². The smallest absolute Gasteiger partial charge is 0.261 e. The zero-order chi connectivity index (χ0) is 13.0. The van der Waals surface area contributed by atoms with Gasteiger partial charge in [0.15, 0.2) is 0 Å². The first-order chi connectivity index (χ1) is 8.69. The second kappa shape index (κ2) is 5.98. The van der Waals surface area contributed by atoms with Gasteiger partial charge in [-0.05, 0) is 31.9 Å². The summed E-state index contributed by atoms with van der Waals surface area (Å²) < 4.78 is 0. The highest BCUT2D eigenvalue weighted by atomic mass is 32.1. The van der Waals surface area contributed by atoms with Gasteiger partial charge in [0.05, 0.1) is 17.5 Å². The van der Waals surface area contributed by atoms with E-state index < -0.39 is 0 Å². The Morgan fingerprint density at radius 1 is 1.56 bits per heavy atom. The maximum Gasteiger partial charge on any atom is 0.261 e. The summed E-state index contributed by atoms with van der Waals surface area (Å²) in [5.41, 5.74) is 0. The number of piperidine rings is 1. The summed E-state index contributed by atoms with van der Waals surface area (Å²) in [5.74, 6) is 0.0341. The summed E-state index contributed by atoms with van der Waals surface area (Å²) in [6.07, 6.45) is 1.86. The van der Waals surface area contributed by atoms with Crippen molar-refractivity contribution in [1.82, 2.24) is 10.2 Å². The number of nitrogens with zero attached hydrogens (tertiary/aromatic N) is 2. The van der Waals surface area contributed by atoms with Crippen LogP contribution < -0.4 is 5.32 Å². The number of aryl methyl sites for hydroxylation is 1. The molecule has 1 saturated heterocycles. The van der Waals surface area contributed by atoms with Crippen molar-refractivity contribution in [1.29, 1.82) is 5.26 Å². The maximum atomic E-state index is 12.0. The number of thiophene rings is 1. The summed E-state index contributed by atoms with van der Waals surface area (Å²) in [6, 6.07) is 6.25. The Hall–Kier alpha value is -1.38. The summed E-state index contributed by atoms with van der Waals surface area (Å²) in [7, 11) is 0. The molecule has 1 amide bonds. The molecule has 96 valence electrons. The van der Waals surface area contributed by atoms with E-state index in [1.807, 2.05) is 19.1 Å². The monoisotopic (exact) mass is 263 g/mol. The fraction of sp³-hybridized carbons (Fsp3) is 0.538. The molecular formula is C13H17N3OS. The quantitative estimate of drug-likeness (QED) is 0.846. The van der Waals surface area contributed by atoms with Crippen molar-refractivity contribution in [2.75, 3.05) is 19.6 Å². The fourth-order valence-corrected chi connectivity index (χ4v) is 2.92. The molecule has 18 heavy (non-hydrogen) atoms. The van der Waals surface area contributed by atoms with Gasteiger partial charge in [0.25, 0.3) is 5.91 Å². The van der Waals surface area contributed by atoms with E-state index in [0.717, 1.165) is 35.7 Å². The number of rotatable bonds is 3. The van der Waals surface area contributed by atoms with Gasteiger partial charge in [-0.15, -0.1) is 11.3 Å². The number of likely N-dealkylation sites (tertiary alicyclic amines) is 1. The van der Waals surface area contributed by atoms with Crippen molar-refractivity contribution in [3.8, 4) is 6.07 Å². The lowest BCUT2D eigenvalue weighted by Gasteiger charge is -2.30. The Kier molecular flexibility index (Phi) is 4.34. The first-order valence-electron chi connectivity index (χ1n) is 6.15. The molecule has 1 aliphatic heterocycles. The van der Waals surface area contributed by atoms with Gasteiger partial charge in [0, 0.05) is 24.0 Å². The van der Waals surface area contributed by atoms with E-state index in [1.54, 1.807) is 0 Å². The molecular weight excluding hydrogens is 246 g/mol. The predicted octanol–water partition coefficient (Wildman–Crippen LogP) is 1.77. The summed E-state index contributed by atoms with van der Waals surface area (Å²) >= 11 is 1.53. The second-order valence-corrected chi connectivity index (χ2v) is 5.88. The number of hydrogen-bond acceptors (Lipinski definition) is 4. The van der Waals surface area contributed by atoms with Gasteiger partial charge >= 0.3 is 0 Å². The van der Waals surface area contributed by atoms with Crippen molar-refractivity contribution in [2.45, 2.75) is 25.8 Å². The summed E-state index contributed by atoms with van der Waals surface area (Å²) in [4.78, 5) is 16.0. The van der Waals surface area contributed by atoms with Crippen LogP contribution in [0.4, 0.5) is 0 Å². The van der Waals surface area contributed by atoms with E-state index in [0.29, 0.717) is 6.54 Å². The van der Waals surface area contributed by atoms with Crippen LogP contribution in [0.25, 0.3) is 0 Å². The van der Waals surface area contributed by atoms with Gasteiger partial charge in [-0.1, -0.05) is 0 Å². The lowest BCUT2D eigenvalue weighted by Crippen LogP contribution is -2.44. The molecule has 0 bridgehead atoms. The molecule has 0 atom stereocenters. The van der Waals surface area contributed by atoms with Crippen LogP contribution in [-0.4, -0.2) is 36.5 Å². The van der Waals surface area contributed by atoms with Crippen LogP contribution in [0, 0.1) is 18.3 Å². The highest BCUT2D eigenvalue weighted by Gasteiger charge is 2.21. The minimum Gasteiger partial charge on any atom is -0.349 e. The van der Waals surface area contributed by atoms with E-state index in [-0.39, 0.29) is 11.9 Å². The lowest BCUT2D eigenvalue weighted by atomic mass is 10.1. The maximum absolute atomic E-state index is 12.0. The molecule has 0 aromatic carbocycles. The van der Waals surface area contributed by atoms with Crippen LogP contribution in [0.1, 0.15) is 27.4 Å². The molecule has 1 N–H and O–H groups in total. The van der Waals surface area contributed by atoms with Crippen LogP contribution >= 0.6 is 11.3 Å². The van der Waals surface area contributed by atoms with E-state index in [1.165, 1.54) is 11.3 Å². The molecule has 0 unspecified atom stereocenters. The molecule has 5 heteroatoms. The van der Waals surface area contributed by atoms with E-state index >= 15 is 0 Å². The normalized spacial score (nSPS) is 17.3. The zero-order valence-corrected chi connectivity index (χ0v) is 11.3. The third-order valence-corrected chi connectivity index (χ3v) is 4.18. The average molecular weight is 263 g/mol. The van der Waals surface area contributed by atoms with Gasteiger partial charge in [0.2, 0.25) is 0 Å². The van der Waals surface area contributed by atoms with E-state index in [2.05, 4.69) is 16.3 Å². The molecule has 2 rings (SSSR count). The van der Waals surface area contributed by atoms with Gasteiger partial charge in [-0.2, -0.15) is 5.26 Å². The number of nitrogens with one attached hydrogen (secondary N) is 1. The third-order valence-electron chi connectivity index (χ3n) is 3.18. The van der Waals surface area contributed by atoms with E-state index in [9.17, 15) is 4.79 Å². The Morgan fingerprint density at radius 2 is 2.28 bits per heavy atom. The Balaban J connectivity index is 1.81. The third kappa shape index (κ3) is 3.31. The van der Waals surface area contributed by atoms with Gasteiger partial charge in [-0.3, -0.25) is 9.69 Å². The van der Waals surface area contributed by atoms with Crippen molar-refractivity contribution < 1.29 is 4.79 Å². The van der Waals surface area contributed by atoms with Crippen molar-refractivity contribution in [2.24, 2.45) is 0 Å². The van der Waals surface area contributed by atoms with Crippen LogP contribution in [0.3, 0.4) is 0 Å². The van der Waals surface area contributed by atoms with Crippen LogP contribution in [0.15, 0.2) is 12.1 Å². The van der Waals surface area contributed by atoms with Crippen LogP contribution in [-0.2, 0) is 0 Å². The topological polar surface area (TPSA) is 56.1 Å². The summed E-state index contributed by atoms with van der Waals surface area (Å²) in [6.45, 7) is 4.27. The second-order valence-electron chi connectivity index (χ2n) is 4.59. The predicted molar refractivity (Wildman–Crippen MR) is 71.6 cm³/mol. The Morgan fingerprint density at radius 3 is 2.83 bits per heavy atom. The molecule has 1 aromatic rings. The molecule has 0 aliphatic carbocycles. The number of carbonyl (C=O) groups excluding carboxylic acids is 1. The van der Waals surface area contributed by atoms with Crippen molar-refractivity contribution in [3.05, 3.63) is 21.9 Å². The average Bonchev–Trinajstić information content (AvgIpc) is 2.79. The van der Waals surface area contributed by atoms with Crippen LogP contribution in [0.5, 0.6) is 0 Å². The number of nitriles is 1. The van der Waals surface area contributed by atoms with Gasteiger partial charge in [0.1, 0.15) is 0 Å². The number of carbonyl (C=O) groups is 1. The Labute approximate surface area is 111 Å². The number of amides is 1. The largest absolute Gasteiger partial charge is 0.349 e. The molecule has 1 aromatic heterocycles. The standard InChI is InChI=1S/C13H17N3OS/c1-10-2-3-12(18-10)13(17)15-11-4-7-16(8-5-11)9-6-14/h2-3,11H,4-5,7-9H2,1H3,(H,15,17). The summed E-state index contributed by atoms with van der Waals surface area (Å²) in [5, 5.41) is 11.7. The SMILES string of the molecule is Cc1ccc(C(=O)NC2CCN(CC#N)CC2)s1. The minimum atomic E-state index is 0.0341. The highest BCUT2D eigenvalue weighted by Crippen LogP contribution is 2.16. The molecule has 0 radical (unpaired) electrons. The lowest BCUT2D eigenvalue weighted by molar-refractivity contribution is 0.0918. The minimum absolute atomic E-state index is 0.0341. The highest BCUT2D eigenvalue weighted by molar-refractivity contribution is 7.13. The van der Waals surface area contributed by atoms with Crippen molar-refractivity contribution in [3.63, 3.8) is 0 Å². The van der Waals surface area contributed by atoms with E-state index in [4.69, 9.17) is 5.26 Å². The molecule has 0 saturated carbocycles. The molecule has 0 spiro atoms. The molecule has 1 aliphatic rings. The van der Waals surface area contributed by atoms with Gasteiger partial charge in [-0.25, -0.2) is 0 Å². The molecule has 4 nitrogen and oxygen atoms in total. The Bertz CT molecular complexity index is 455. The first kappa shape index (κ1) is 13.1. The number of hydrogen-bond donors (Lipinski definition) is 1.